The number of halogens is 1. The molecule has 9 heteroatoms. The van der Waals surface area contributed by atoms with E-state index in [-0.39, 0.29) is 24.2 Å². The van der Waals surface area contributed by atoms with Crippen LogP contribution in [-0.4, -0.2) is 37.5 Å². The third-order valence-corrected chi connectivity index (χ3v) is 7.64. The number of nitrogen functional groups attached to an aromatic ring is 2. The van der Waals surface area contributed by atoms with E-state index in [1.807, 2.05) is 32.2 Å². The van der Waals surface area contributed by atoms with Crippen LogP contribution in [0.1, 0.15) is 39.7 Å². The fourth-order valence-corrected chi connectivity index (χ4v) is 5.91. The standard InChI is InChI=1S/C26H29ClN6O2/c1-13(8-14-4-5-15-10-18(27)24(29)32-19(15)9-14)17-11-20(22-21(17)34-26(2,3)35-22)33-7-6-16-23(28)30-12-31-25(16)33/h5-7,9-14,20-22H,4,8H2,1-3H3,(H2,29,32)(H2,28,30,31)/t13?,14?,20-,21-,22+/m1/s1. The Balaban J connectivity index is 1.32. The normalized spacial score (nSPS) is 27.6. The zero-order valence-electron chi connectivity index (χ0n) is 20.0. The molecule has 6 rings (SSSR count). The Hall–Kier alpha value is -2.94. The van der Waals surface area contributed by atoms with Crippen LogP contribution in [0.25, 0.3) is 23.2 Å². The number of fused-ring (bicyclic) bond motifs is 3. The number of hydrogen-bond donors (Lipinski definition) is 2. The van der Waals surface area contributed by atoms with E-state index < -0.39 is 5.79 Å². The molecule has 35 heavy (non-hydrogen) atoms. The van der Waals surface area contributed by atoms with Crippen molar-refractivity contribution < 1.29 is 9.47 Å². The number of ether oxygens (including phenoxy) is 2. The zero-order valence-corrected chi connectivity index (χ0v) is 20.7. The van der Waals surface area contributed by atoms with E-state index in [4.69, 9.17) is 32.5 Å². The van der Waals surface area contributed by atoms with Crippen molar-refractivity contribution in [2.75, 3.05) is 11.5 Å². The highest BCUT2D eigenvalue weighted by molar-refractivity contribution is 6.32. The topological polar surface area (TPSA) is 114 Å². The SMILES string of the molecule is CC(CC1C=c2nc(N)c(Cl)cc2=CC1)C1=C[C@@H](n2ccc3c(N)ncnc32)[C@@H]2OC(C)(C)O[C@H]12. The van der Waals surface area contributed by atoms with Gasteiger partial charge in [0.2, 0.25) is 0 Å². The fourth-order valence-electron chi connectivity index (χ4n) is 5.75. The van der Waals surface area contributed by atoms with Crippen molar-refractivity contribution in [2.45, 2.75) is 57.6 Å². The molecule has 182 valence electrons. The molecule has 0 radical (unpaired) electrons. The molecular weight excluding hydrogens is 464 g/mol. The van der Waals surface area contributed by atoms with Crippen LogP contribution in [0, 0.1) is 11.8 Å². The lowest BCUT2D eigenvalue weighted by Crippen LogP contribution is -2.33. The Morgan fingerprint density at radius 1 is 1.20 bits per heavy atom. The summed E-state index contributed by atoms with van der Waals surface area (Å²) in [4.78, 5) is 13.1. The molecule has 0 aromatic carbocycles. The van der Waals surface area contributed by atoms with Gasteiger partial charge in [-0.15, -0.1) is 0 Å². The lowest BCUT2D eigenvalue weighted by atomic mass is 9.85. The number of anilines is 2. The molecule has 0 saturated carbocycles. The Labute approximate surface area is 208 Å². The molecule has 5 atom stereocenters. The van der Waals surface area contributed by atoms with Gasteiger partial charge in [-0.1, -0.05) is 36.8 Å². The second-order valence-corrected chi connectivity index (χ2v) is 10.6. The van der Waals surface area contributed by atoms with Crippen LogP contribution in [0.4, 0.5) is 11.6 Å². The minimum Gasteiger partial charge on any atom is -0.383 e. The van der Waals surface area contributed by atoms with Gasteiger partial charge in [-0.3, -0.25) is 0 Å². The van der Waals surface area contributed by atoms with Crippen molar-refractivity contribution in [1.82, 2.24) is 19.5 Å². The van der Waals surface area contributed by atoms with E-state index in [0.717, 1.165) is 34.4 Å². The number of nitrogens with zero attached hydrogens (tertiary/aromatic N) is 4. The molecule has 4 N–H and O–H groups in total. The highest BCUT2D eigenvalue weighted by Crippen LogP contribution is 2.47. The van der Waals surface area contributed by atoms with Crippen molar-refractivity contribution in [1.29, 1.82) is 0 Å². The van der Waals surface area contributed by atoms with Crippen LogP contribution < -0.4 is 22.0 Å². The molecule has 1 fully saturated rings. The molecule has 0 spiro atoms. The molecule has 3 aromatic rings. The highest BCUT2D eigenvalue weighted by atomic mass is 35.5. The fraction of sp³-hybridized carbons (Fsp3) is 0.423. The third-order valence-electron chi connectivity index (χ3n) is 7.34. The van der Waals surface area contributed by atoms with Crippen LogP contribution >= 0.6 is 11.6 Å². The third kappa shape index (κ3) is 3.80. The van der Waals surface area contributed by atoms with Crippen LogP contribution in [0.15, 0.2) is 36.3 Å². The monoisotopic (exact) mass is 492 g/mol. The molecule has 2 unspecified atom stereocenters. The van der Waals surface area contributed by atoms with Crippen LogP contribution in [-0.2, 0) is 9.47 Å². The zero-order chi connectivity index (χ0) is 24.5. The second-order valence-electron chi connectivity index (χ2n) is 10.2. The van der Waals surface area contributed by atoms with Crippen LogP contribution in [0.5, 0.6) is 0 Å². The minimum atomic E-state index is -0.659. The Kier molecular flexibility index (Phi) is 5.18. The van der Waals surface area contributed by atoms with Crippen molar-refractivity contribution in [3.05, 3.63) is 51.9 Å². The van der Waals surface area contributed by atoms with Gasteiger partial charge in [0.25, 0.3) is 0 Å². The summed E-state index contributed by atoms with van der Waals surface area (Å²) in [5.41, 5.74) is 14.1. The Morgan fingerprint density at radius 2 is 2.03 bits per heavy atom. The summed E-state index contributed by atoms with van der Waals surface area (Å²) in [5, 5.41) is 3.29. The molecule has 2 aliphatic carbocycles. The summed E-state index contributed by atoms with van der Waals surface area (Å²) in [5.74, 6) is 0.820. The molecule has 3 aliphatic rings. The maximum absolute atomic E-state index is 6.42. The summed E-state index contributed by atoms with van der Waals surface area (Å²) >= 11 is 6.16. The van der Waals surface area contributed by atoms with Gasteiger partial charge in [-0.25, -0.2) is 15.0 Å². The van der Waals surface area contributed by atoms with E-state index in [1.165, 1.54) is 11.9 Å². The largest absolute Gasteiger partial charge is 0.383 e. The average Bonchev–Trinajstić information content (AvgIpc) is 3.46. The van der Waals surface area contributed by atoms with Gasteiger partial charge in [0.15, 0.2) is 5.79 Å². The molecule has 0 bridgehead atoms. The van der Waals surface area contributed by atoms with Gasteiger partial charge in [-0.05, 0) is 61.4 Å². The number of aromatic nitrogens is 4. The first-order valence-corrected chi connectivity index (χ1v) is 12.4. The average molecular weight is 493 g/mol. The molecule has 0 amide bonds. The summed E-state index contributed by atoms with van der Waals surface area (Å²) in [6.45, 7) is 6.21. The van der Waals surface area contributed by atoms with Crippen LogP contribution in [0.2, 0.25) is 5.02 Å². The minimum absolute atomic E-state index is 0.0442. The first-order chi connectivity index (χ1) is 16.7. The van der Waals surface area contributed by atoms with Crippen molar-refractivity contribution in [2.24, 2.45) is 11.8 Å². The molecule has 4 heterocycles. The van der Waals surface area contributed by atoms with Gasteiger partial charge >= 0.3 is 0 Å². The number of rotatable bonds is 4. The van der Waals surface area contributed by atoms with E-state index >= 15 is 0 Å². The first kappa shape index (κ1) is 22.5. The van der Waals surface area contributed by atoms with Crippen molar-refractivity contribution >= 4 is 46.4 Å². The van der Waals surface area contributed by atoms with Crippen molar-refractivity contribution in [3.63, 3.8) is 0 Å². The van der Waals surface area contributed by atoms with E-state index in [0.29, 0.717) is 22.6 Å². The quantitative estimate of drug-likeness (QED) is 0.538. The summed E-state index contributed by atoms with van der Waals surface area (Å²) < 4.78 is 15.0. The Bertz CT molecular complexity index is 1480. The molecular formula is C26H29ClN6O2. The predicted octanol–water partition coefficient (Wildman–Crippen LogP) is 2.95. The predicted molar refractivity (Wildman–Crippen MR) is 137 cm³/mol. The summed E-state index contributed by atoms with van der Waals surface area (Å²) in [6.07, 6.45) is 11.9. The van der Waals surface area contributed by atoms with E-state index in [9.17, 15) is 0 Å². The number of pyridine rings is 1. The molecule has 1 saturated heterocycles. The van der Waals surface area contributed by atoms with Gasteiger partial charge in [0.1, 0.15) is 35.8 Å². The maximum Gasteiger partial charge on any atom is 0.164 e. The molecule has 1 aliphatic heterocycles. The van der Waals surface area contributed by atoms with Gasteiger partial charge in [0.05, 0.1) is 21.8 Å². The first-order valence-electron chi connectivity index (χ1n) is 12.0. The van der Waals surface area contributed by atoms with Gasteiger partial charge in [-0.2, -0.15) is 0 Å². The molecule has 3 aromatic heterocycles. The van der Waals surface area contributed by atoms with Gasteiger partial charge < -0.3 is 25.5 Å². The smallest absolute Gasteiger partial charge is 0.164 e. The maximum atomic E-state index is 6.42. The van der Waals surface area contributed by atoms with Gasteiger partial charge in [0, 0.05) is 6.20 Å². The lowest BCUT2D eigenvalue weighted by molar-refractivity contribution is -0.148. The highest BCUT2D eigenvalue weighted by Gasteiger charge is 2.51. The van der Waals surface area contributed by atoms with E-state index in [1.54, 1.807) is 0 Å². The number of nitrogens with two attached hydrogens (primary N) is 2. The van der Waals surface area contributed by atoms with Crippen molar-refractivity contribution in [3.8, 4) is 0 Å². The number of hydrogen-bond acceptors (Lipinski definition) is 7. The second kappa shape index (κ2) is 8.05. The summed E-state index contributed by atoms with van der Waals surface area (Å²) in [7, 11) is 0. The van der Waals surface area contributed by atoms with Crippen LogP contribution in [0.3, 0.4) is 0 Å². The van der Waals surface area contributed by atoms with E-state index in [2.05, 4.69) is 44.7 Å². The Morgan fingerprint density at radius 3 is 2.86 bits per heavy atom. The molecule has 8 nitrogen and oxygen atoms in total. The lowest BCUT2D eigenvalue weighted by Gasteiger charge is -2.24. The summed E-state index contributed by atoms with van der Waals surface area (Å²) in [6, 6.07) is 3.82.